The molecule has 2 aromatic heterocycles. The Morgan fingerprint density at radius 1 is 1.37 bits per heavy atom. The first-order valence-corrected chi connectivity index (χ1v) is 9.46. The Labute approximate surface area is 177 Å². The van der Waals surface area contributed by atoms with Gasteiger partial charge in [-0.25, -0.2) is 9.97 Å². The molecule has 10 heteroatoms. The largest absolute Gasteiger partial charge is 0.478 e. The molecule has 1 aliphatic heterocycles. The summed E-state index contributed by atoms with van der Waals surface area (Å²) >= 11 is 5.93. The van der Waals surface area contributed by atoms with Gasteiger partial charge < -0.3 is 20.5 Å². The van der Waals surface area contributed by atoms with Gasteiger partial charge in [0, 0.05) is 29.8 Å². The van der Waals surface area contributed by atoms with Gasteiger partial charge >= 0.3 is 0 Å². The fourth-order valence-corrected chi connectivity index (χ4v) is 3.51. The summed E-state index contributed by atoms with van der Waals surface area (Å²) in [5.41, 5.74) is 3.50. The van der Waals surface area contributed by atoms with Crippen molar-refractivity contribution < 1.29 is 9.84 Å². The van der Waals surface area contributed by atoms with Crippen LogP contribution in [0.3, 0.4) is 0 Å². The molecule has 0 saturated carbocycles. The van der Waals surface area contributed by atoms with Gasteiger partial charge in [-0.2, -0.15) is 5.26 Å². The second-order valence-corrected chi connectivity index (χ2v) is 7.50. The maximum atomic E-state index is 9.88. The molecule has 0 amide bonds. The molecule has 0 radical (unpaired) electrons. The number of rotatable bonds is 5. The standard InChI is InChI=1S/C20H18ClN7O2/c1-20(10-29)9-24-17-12(8-22)5-11(6-13(17)20)14-3-4-23-19(25-14)26-15-7-16(21)27-28-18(15)30-2/h3-7,24,29H,9-10H2,1-2H3,(H,23,25,26,27). The number of benzene rings is 1. The molecule has 3 heterocycles. The summed E-state index contributed by atoms with van der Waals surface area (Å²) in [5.74, 6) is 0.555. The Morgan fingerprint density at radius 2 is 2.20 bits per heavy atom. The molecule has 0 bridgehead atoms. The van der Waals surface area contributed by atoms with Crippen molar-refractivity contribution in [1.29, 1.82) is 5.26 Å². The van der Waals surface area contributed by atoms with Crippen molar-refractivity contribution >= 4 is 28.9 Å². The smallest absolute Gasteiger partial charge is 0.257 e. The highest BCUT2D eigenvalue weighted by Gasteiger charge is 2.35. The topological polar surface area (TPSA) is 129 Å². The van der Waals surface area contributed by atoms with Crippen LogP contribution >= 0.6 is 11.6 Å². The van der Waals surface area contributed by atoms with E-state index in [0.717, 1.165) is 16.8 Å². The summed E-state index contributed by atoms with van der Waals surface area (Å²) in [6.45, 7) is 2.48. The fourth-order valence-electron chi connectivity index (χ4n) is 3.36. The summed E-state index contributed by atoms with van der Waals surface area (Å²) in [6.07, 6.45) is 1.61. The highest BCUT2D eigenvalue weighted by Crippen LogP contribution is 2.41. The first-order valence-electron chi connectivity index (χ1n) is 9.08. The van der Waals surface area contributed by atoms with Crippen LogP contribution in [0, 0.1) is 11.3 Å². The van der Waals surface area contributed by atoms with Gasteiger partial charge in [-0.1, -0.05) is 18.5 Å². The van der Waals surface area contributed by atoms with Crippen LogP contribution in [0.1, 0.15) is 18.1 Å². The number of aliphatic hydroxyl groups is 1. The molecule has 0 fully saturated rings. The van der Waals surface area contributed by atoms with E-state index in [-0.39, 0.29) is 17.6 Å². The van der Waals surface area contributed by atoms with Crippen LogP contribution < -0.4 is 15.4 Å². The summed E-state index contributed by atoms with van der Waals surface area (Å²) < 4.78 is 5.19. The summed E-state index contributed by atoms with van der Waals surface area (Å²) in [5, 5.41) is 33.6. The Balaban J connectivity index is 1.75. The fraction of sp³-hybridized carbons (Fsp3) is 0.250. The predicted octanol–water partition coefficient (Wildman–Crippen LogP) is 2.89. The van der Waals surface area contributed by atoms with Gasteiger partial charge in [-0.15, -0.1) is 10.2 Å². The number of aromatic nitrogens is 4. The molecule has 30 heavy (non-hydrogen) atoms. The lowest BCUT2D eigenvalue weighted by molar-refractivity contribution is 0.219. The average Bonchev–Trinajstić information content (AvgIpc) is 3.11. The second kappa shape index (κ2) is 7.74. The van der Waals surface area contributed by atoms with E-state index in [2.05, 4.69) is 36.9 Å². The van der Waals surface area contributed by atoms with E-state index < -0.39 is 5.41 Å². The lowest BCUT2D eigenvalue weighted by Crippen LogP contribution is -2.28. The van der Waals surface area contributed by atoms with Gasteiger partial charge in [0.05, 0.1) is 30.7 Å². The highest BCUT2D eigenvalue weighted by molar-refractivity contribution is 6.29. The second-order valence-electron chi connectivity index (χ2n) is 7.11. The van der Waals surface area contributed by atoms with Crippen molar-refractivity contribution in [2.75, 3.05) is 30.9 Å². The van der Waals surface area contributed by atoms with Crippen LogP contribution in [0.25, 0.3) is 11.3 Å². The number of nitrogens with zero attached hydrogens (tertiary/aromatic N) is 5. The van der Waals surface area contributed by atoms with Crippen molar-refractivity contribution in [3.8, 4) is 23.2 Å². The number of halogens is 1. The maximum Gasteiger partial charge on any atom is 0.257 e. The van der Waals surface area contributed by atoms with E-state index in [1.807, 2.05) is 13.0 Å². The molecule has 9 nitrogen and oxygen atoms in total. The Hall–Kier alpha value is -3.48. The highest BCUT2D eigenvalue weighted by atomic mass is 35.5. The predicted molar refractivity (Wildman–Crippen MR) is 112 cm³/mol. The summed E-state index contributed by atoms with van der Waals surface area (Å²) in [4.78, 5) is 8.80. The minimum atomic E-state index is -0.474. The number of ether oxygens (including phenoxy) is 1. The molecule has 0 spiro atoms. The van der Waals surface area contributed by atoms with E-state index in [0.29, 0.717) is 29.4 Å². The number of fused-ring (bicyclic) bond motifs is 1. The van der Waals surface area contributed by atoms with Gasteiger partial charge in [0.15, 0.2) is 5.15 Å². The number of anilines is 3. The number of hydrogen-bond acceptors (Lipinski definition) is 9. The van der Waals surface area contributed by atoms with E-state index in [4.69, 9.17) is 16.3 Å². The maximum absolute atomic E-state index is 9.88. The minimum absolute atomic E-state index is 0.0342. The first kappa shape index (κ1) is 19.8. The van der Waals surface area contributed by atoms with Crippen LogP contribution in [0.2, 0.25) is 5.15 Å². The van der Waals surface area contributed by atoms with Crippen molar-refractivity contribution in [1.82, 2.24) is 20.2 Å². The summed E-state index contributed by atoms with van der Waals surface area (Å²) in [6, 6.07) is 9.26. The molecular weight excluding hydrogens is 406 g/mol. The number of nitriles is 1. The third-order valence-corrected chi connectivity index (χ3v) is 5.22. The zero-order valence-electron chi connectivity index (χ0n) is 16.3. The van der Waals surface area contributed by atoms with Crippen LogP contribution in [-0.2, 0) is 5.41 Å². The normalized spacial score (nSPS) is 17.0. The van der Waals surface area contributed by atoms with Gasteiger partial charge in [0.25, 0.3) is 5.88 Å². The first-order chi connectivity index (χ1) is 14.5. The van der Waals surface area contributed by atoms with Gasteiger partial charge in [0.1, 0.15) is 11.8 Å². The van der Waals surface area contributed by atoms with Crippen molar-refractivity contribution in [2.45, 2.75) is 12.3 Å². The Bertz CT molecular complexity index is 1160. The van der Waals surface area contributed by atoms with Gasteiger partial charge in [0.2, 0.25) is 5.95 Å². The Morgan fingerprint density at radius 3 is 2.93 bits per heavy atom. The molecular formula is C20H18ClN7O2. The van der Waals surface area contributed by atoms with E-state index in [9.17, 15) is 10.4 Å². The zero-order chi connectivity index (χ0) is 21.3. The third kappa shape index (κ3) is 3.47. The van der Waals surface area contributed by atoms with Crippen LogP contribution in [-0.4, -0.2) is 45.5 Å². The zero-order valence-corrected chi connectivity index (χ0v) is 17.0. The summed E-state index contributed by atoms with van der Waals surface area (Å²) in [7, 11) is 1.47. The van der Waals surface area contributed by atoms with E-state index in [1.54, 1.807) is 24.4 Å². The van der Waals surface area contributed by atoms with E-state index >= 15 is 0 Å². The van der Waals surface area contributed by atoms with Crippen LogP contribution in [0.15, 0.2) is 30.5 Å². The quantitative estimate of drug-likeness (QED) is 0.567. The molecule has 1 aromatic carbocycles. The molecule has 1 aliphatic rings. The molecule has 0 saturated heterocycles. The van der Waals surface area contributed by atoms with Crippen LogP contribution in [0.4, 0.5) is 17.3 Å². The van der Waals surface area contributed by atoms with Crippen molar-refractivity contribution in [3.63, 3.8) is 0 Å². The number of nitrogens with one attached hydrogen (secondary N) is 2. The molecule has 3 N–H and O–H groups in total. The molecule has 4 rings (SSSR count). The third-order valence-electron chi connectivity index (χ3n) is 5.03. The monoisotopic (exact) mass is 423 g/mol. The van der Waals surface area contributed by atoms with Crippen LogP contribution in [0.5, 0.6) is 5.88 Å². The molecule has 152 valence electrons. The lowest BCUT2D eigenvalue weighted by atomic mass is 9.83. The van der Waals surface area contributed by atoms with Gasteiger partial charge in [-0.3, -0.25) is 0 Å². The number of methoxy groups -OCH3 is 1. The van der Waals surface area contributed by atoms with Crippen molar-refractivity contribution in [3.05, 3.63) is 46.7 Å². The Kier molecular flexibility index (Phi) is 5.11. The number of hydrogen-bond donors (Lipinski definition) is 3. The lowest BCUT2D eigenvalue weighted by Gasteiger charge is -2.21. The van der Waals surface area contributed by atoms with E-state index in [1.165, 1.54) is 7.11 Å². The molecule has 3 aromatic rings. The van der Waals surface area contributed by atoms with Crippen molar-refractivity contribution in [2.24, 2.45) is 0 Å². The number of aliphatic hydroxyl groups excluding tert-OH is 1. The van der Waals surface area contributed by atoms with Gasteiger partial charge in [-0.05, 0) is 23.8 Å². The SMILES string of the molecule is COc1nnc(Cl)cc1Nc1nccc(-c2cc(C#N)c3c(c2)C(C)(CO)CN3)n1. The minimum Gasteiger partial charge on any atom is -0.478 e. The molecule has 1 unspecified atom stereocenters. The molecule has 0 aliphatic carbocycles. The average molecular weight is 424 g/mol. The molecule has 1 atom stereocenters.